The number of nitrogens with zero attached hydrogens (tertiary/aromatic N) is 4. The zero-order valence-corrected chi connectivity index (χ0v) is 16.4. The number of rotatable bonds is 5. The summed E-state index contributed by atoms with van der Waals surface area (Å²) >= 11 is 0. The third-order valence-corrected chi connectivity index (χ3v) is 6.64. The minimum atomic E-state index is -3.66. The fourth-order valence-corrected chi connectivity index (χ4v) is 5.27. The summed E-state index contributed by atoms with van der Waals surface area (Å²) in [6, 6.07) is 4.03. The van der Waals surface area contributed by atoms with Crippen molar-refractivity contribution in [3.63, 3.8) is 0 Å². The van der Waals surface area contributed by atoms with Crippen LogP contribution in [0.5, 0.6) is 5.75 Å². The largest absolute Gasteiger partial charge is 0.496 e. The lowest BCUT2D eigenvalue weighted by Gasteiger charge is -2.37. The van der Waals surface area contributed by atoms with E-state index in [1.165, 1.54) is 4.31 Å². The summed E-state index contributed by atoms with van der Waals surface area (Å²) in [5.41, 5.74) is 1.91. The van der Waals surface area contributed by atoms with E-state index >= 15 is 0 Å². The molecule has 1 saturated carbocycles. The van der Waals surface area contributed by atoms with E-state index in [0.717, 1.165) is 66.8 Å². The first-order valence-electron chi connectivity index (χ1n) is 9.24. The average molecular weight is 391 g/mol. The molecular weight excluding hydrogens is 366 g/mol. The Labute approximate surface area is 159 Å². The number of nitrogens with two attached hydrogens (primary N) is 1. The van der Waals surface area contributed by atoms with Crippen LogP contribution in [-0.2, 0) is 10.2 Å². The molecule has 8 nitrogen and oxygen atoms in total. The van der Waals surface area contributed by atoms with Crippen molar-refractivity contribution in [3.05, 3.63) is 24.0 Å². The molecule has 1 aromatic heterocycles. The fraction of sp³-hybridized carbons (Fsp3) is 0.556. The first-order chi connectivity index (χ1) is 12.9. The van der Waals surface area contributed by atoms with Crippen LogP contribution in [0.1, 0.15) is 31.2 Å². The predicted molar refractivity (Wildman–Crippen MR) is 104 cm³/mol. The molecule has 1 saturated heterocycles. The number of ether oxygens (including phenoxy) is 1. The molecular formula is C18H25N5O3S. The lowest BCUT2D eigenvalue weighted by molar-refractivity contribution is 0.267. The average Bonchev–Trinajstić information content (AvgIpc) is 3.45. The second kappa shape index (κ2) is 6.88. The Morgan fingerprint density at radius 3 is 2.41 bits per heavy atom. The van der Waals surface area contributed by atoms with Gasteiger partial charge in [0.05, 0.1) is 12.6 Å². The Morgan fingerprint density at radius 1 is 1.15 bits per heavy atom. The normalized spacial score (nSPS) is 19.0. The van der Waals surface area contributed by atoms with Gasteiger partial charge in [0.25, 0.3) is 10.2 Å². The molecule has 146 valence electrons. The van der Waals surface area contributed by atoms with Gasteiger partial charge in [0.15, 0.2) is 0 Å². The van der Waals surface area contributed by atoms with E-state index in [0.29, 0.717) is 0 Å². The van der Waals surface area contributed by atoms with Gasteiger partial charge in [-0.1, -0.05) is 0 Å². The van der Waals surface area contributed by atoms with E-state index in [-0.39, 0.29) is 12.1 Å². The standard InChI is InChI=1S/C18H25N5O3S/c1-12-9-16-15(10-17(12)26-2)18(21-11-20-16)22-7-5-14(6-8-22)23(13-3-4-13)27(19,24)25/h9-11,13-14H,3-8H2,1-2H3,(H2,19,24,25). The number of hydrogen-bond acceptors (Lipinski definition) is 6. The molecule has 9 heteroatoms. The molecule has 1 aliphatic carbocycles. The Morgan fingerprint density at radius 2 is 1.81 bits per heavy atom. The number of aromatic nitrogens is 2. The summed E-state index contributed by atoms with van der Waals surface area (Å²) in [4.78, 5) is 11.1. The number of piperidine rings is 1. The van der Waals surface area contributed by atoms with Gasteiger partial charge in [0.2, 0.25) is 0 Å². The van der Waals surface area contributed by atoms with Gasteiger partial charge in [-0.25, -0.2) is 15.1 Å². The van der Waals surface area contributed by atoms with Crippen molar-refractivity contribution in [2.45, 2.75) is 44.7 Å². The van der Waals surface area contributed by atoms with E-state index in [9.17, 15) is 8.42 Å². The molecule has 2 aromatic rings. The first-order valence-corrected chi connectivity index (χ1v) is 10.7. The second-order valence-corrected chi connectivity index (χ2v) is 8.81. The quantitative estimate of drug-likeness (QED) is 0.830. The highest BCUT2D eigenvalue weighted by Gasteiger charge is 2.41. The number of benzene rings is 1. The minimum Gasteiger partial charge on any atom is -0.496 e. The lowest BCUT2D eigenvalue weighted by Crippen LogP contribution is -2.50. The third kappa shape index (κ3) is 3.59. The molecule has 2 N–H and O–H groups in total. The third-order valence-electron chi connectivity index (χ3n) is 5.46. The zero-order valence-electron chi connectivity index (χ0n) is 15.6. The van der Waals surface area contributed by atoms with Crippen LogP contribution in [0.2, 0.25) is 0 Å². The molecule has 0 spiro atoms. The number of fused-ring (bicyclic) bond motifs is 1. The van der Waals surface area contributed by atoms with Gasteiger partial charge in [0, 0.05) is 30.6 Å². The maximum absolute atomic E-state index is 12.0. The second-order valence-electron chi connectivity index (χ2n) is 7.36. The van der Waals surface area contributed by atoms with Gasteiger partial charge >= 0.3 is 0 Å². The van der Waals surface area contributed by atoms with E-state index in [1.54, 1.807) is 13.4 Å². The van der Waals surface area contributed by atoms with Crippen LogP contribution in [0, 0.1) is 6.92 Å². The summed E-state index contributed by atoms with van der Waals surface area (Å²) in [5, 5.41) is 6.42. The van der Waals surface area contributed by atoms with Gasteiger partial charge in [-0.2, -0.15) is 12.7 Å². The van der Waals surface area contributed by atoms with Crippen molar-refractivity contribution < 1.29 is 13.2 Å². The molecule has 0 bridgehead atoms. The van der Waals surface area contributed by atoms with Gasteiger partial charge in [-0.05, 0) is 50.3 Å². The van der Waals surface area contributed by atoms with Gasteiger partial charge in [-0.15, -0.1) is 0 Å². The number of anilines is 1. The molecule has 2 fully saturated rings. The van der Waals surface area contributed by atoms with Crippen molar-refractivity contribution in [3.8, 4) is 5.75 Å². The predicted octanol–water partition coefficient (Wildman–Crippen LogP) is 1.58. The molecule has 1 aliphatic heterocycles. The van der Waals surface area contributed by atoms with Crippen LogP contribution in [0.25, 0.3) is 10.9 Å². The molecule has 0 unspecified atom stereocenters. The molecule has 0 atom stereocenters. The summed E-state index contributed by atoms with van der Waals surface area (Å²) in [5.74, 6) is 1.67. The highest BCUT2D eigenvalue weighted by atomic mass is 32.2. The Bertz CT molecular complexity index is 953. The van der Waals surface area contributed by atoms with E-state index < -0.39 is 10.2 Å². The van der Waals surface area contributed by atoms with E-state index in [4.69, 9.17) is 9.88 Å². The minimum absolute atomic E-state index is 0.0337. The van der Waals surface area contributed by atoms with Crippen LogP contribution >= 0.6 is 0 Å². The van der Waals surface area contributed by atoms with E-state index in [1.807, 2.05) is 19.1 Å². The smallest absolute Gasteiger partial charge is 0.277 e. The number of aryl methyl sites for hydroxylation is 1. The van der Waals surface area contributed by atoms with Gasteiger partial charge in [0.1, 0.15) is 17.9 Å². The SMILES string of the molecule is COc1cc2c(N3CCC(N(C4CC4)S(N)(=O)=O)CC3)ncnc2cc1C. The fourth-order valence-electron chi connectivity index (χ4n) is 4.02. The summed E-state index contributed by atoms with van der Waals surface area (Å²) in [6.45, 7) is 3.45. The molecule has 2 heterocycles. The van der Waals surface area contributed by atoms with Crippen LogP contribution in [0.15, 0.2) is 18.5 Å². The Kier molecular flexibility index (Phi) is 4.69. The highest BCUT2D eigenvalue weighted by molar-refractivity contribution is 7.86. The van der Waals surface area contributed by atoms with Crippen LogP contribution in [0.3, 0.4) is 0 Å². The van der Waals surface area contributed by atoms with Crippen LogP contribution in [0.4, 0.5) is 5.82 Å². The molecule has 27 heavy (non-hydrogen) atoms. The summed E-state index contributed by atoms with van der Waals surface area (Å²) in [6.07, 6.45) is 4.87. The molecule has 4 rings (SSSR count). The van der Waals surface area contributed by atoms with E-state index in [2.05, 4.69) is 14.9 Å². The topological polar surface area (TPSA) is 102 Å². The van der Waals surface area contributed by atoms with Crippen molar-refractivity contribution in [1.82, 2.24) is 14.3 Å². The van der Waals surface area contributed by atoms with Crippen molar-refractivity contribution in [2.24, 2.45) is 5.14 Å². The van der Waals surface area contributed by atoms with Crippen LogP contribution in [-0.4, -0.2) is 55.0 Å². The maximum Gasteiger partial charge on any atom is 0.277 e. The highest BCUT2D eigenvalue weighted by Crippen LogP contribution is 2.35. The van der Waals surface area contributed by atoms with Crippen molar-refractivity contribution in [2.75, 3.05) is 25.1 Å². The molecule has 0 amide bonds. The van der Waals surface area contributed by atoms with Gasteiger partial charge in [-0.3, -0.25) is 0 Å². The first kappa shape index (κ1) is 18.4. The molecule has 1 aromatic carbocycles. The molecule has 0 radical (unpaired) electrons. The Balaban J connectivity index is 1.58. The number of hydrogen-bond donors (Lipinski definition) is 1. The summed E-state index contributed by atoms with van der Waals surface area (Å²) < 4.78 is 31.0. The summed E-state index contributed by atoms with van der Waals surface area (Å²) in [7, 11) is -2.00. The molecule has 2 aliphatic rings. The number of methoxy groups -OCH3 is 1. The zero-order chi connectivity index (χ0) is 19.2. The van der Waals surface area contributed by atoms with Crippen molar-refractivity contribution >= 4 is 26.9 Å². The van der Waals surface area contributed by atoms with Crippen molar-refractivity contribution in [1.29, 1.82) is 0 Å². The monoisotopic (exact) mass is 391 g/mol. The van der Waals surface area contributed by atoms with Crippen LogP contribution < -0.4 is 14.8 Å². The lowest BCUT2D eigenvalue weighted by atomic mass is 10.0. The maximum atomic E-state index is 12.0. The Hall–Kier alpha value is -1.97. The van der Waals surface area contributed by atoms with Gasteiger partial charge < -0.3 is 9.64 Å².